The molecule has 0 saturated carbocycles. The molecular weight excluding hydrogens is 250 g/mol. The molecule has 0 aliphatic heterocycles. The summed E-state index contributed by atoms with van der Waals surface area (Å²) in [4.78, 5) is 14.2. The lowest BCUT2D eigenvalue weighted by molar-refractivity contribution is 0.310. The van der Waals surface area contributed by atoms with Gasteiger partial charge in [0.15, 0.2) is 0 Å². The van der Waals surface area contributed by atoms with Crippen LogP contribution in [0.2, 0.25) is 0 Å². The molecule has 3 nitrogen and oxygen atoms in total. The molecule has 2 rings (SSSR count). The third-order valence-corrected chi connectivity index (χ3v) is 3.09. The average Bonchev–Trinajstić information content (AvgIpc) is 2.34. The summed E-state index contributed by atoms with van der Waals surface area (Å²) in [7, 11) is 0. The molecule has 1 N–H and O–H groups in total. The lowest BCUT2D eigenvalue weighted by Gasteiger charge is -2.07. The van der Waals surface area contributed by atoms with Crippen LogP contribution in [0.5, 0.6) is 5.75 Å². The Labute approximate surface area is 111 Å². The lowest BCUT2D eigenvalue weighted by Crippen LogP contribution is -2.05. The fourth-order valence-corrected chi connectivity index (χ4v) is 2.08. The van der Waals surface area contributed by atoms with Crippen LogP contribution in [0.1, 0.15) is 18.4 Å². The van der Waals surface area contributed by atoms with Crippen LogP contribution in [0.4, 0.5) is 0 Å². The normalized spacial score (nSPS) is 10.8. The number of ether oxygens (including phenoxy) is 1. The highest BCUT2D eigenvalue weighted by Gasteiger charge is 2.01. The van der Waals surface area contributed by atoms with Crippen molar-refractivity contribution in [3.8, 4) is 5.75 Å². The quantitative estimate of drug-likeness (QED) is 0.666. The van der Waals surface area contributed by atoms with E-state index >= 15 is 0 Å². The van der Waals surface area contributed by atoms with Crippen molar-refractivity contribution in [2.45, 2.75) is 19.8 Å². The van der Waals surface area contributed by atoms with E-state index in [0.717, 1.165) is 35.1 Å². The van der Waals surface area contributed by atoms with Gasteiger partial charge >= 0.3 is 0 Å². The highest BCUT2D eigenvalue weighted by atomic mass is 35.5. The number of hydrogen-bond donors (Lipinski definition) is 1. The number of hydrogen-bond acceptors (Lipinski definition) is 2. The van der Waals surface area contributed by atoms with E-state index in [-0.39, 0.29) is 5.56 Å². The number of nitrogens with one attached hydrogen (secondary N) is 1. The molecule has 1 aromatic heterocycles. The van der Waals surface area contributed by atoms with Crippen molar-refractivity contribution >= 4 is 22.5 Å². The van der Waals surface area contributed by atoms with Crippen molar-refractivity contribution < 1.29 is 4.74 Å². The van der Waals surface area contributed by atoms with Crippen LogP contribution in [0, 0.1) is 6.92 Å². The minimum absolute atomic E-state index is 0.0840. The van der Waals surface area contributed by atoms with Crippen molar-refractivity contribution in [1.29, 1.82) is 0 Å². The molecule has 2 aromatic rings. The maximum atomic E-state index is 11.4. The van der Waals surface area contributed by atoms with Gasteiger partial charge in [-0.2, -0.15) is 0 Å². The number of halogens is 1. The zero-order chi connectivity index (χ0) is 13.0. The molecule has 0 fully saturated rings. The lowest BCUT2D eigenvalue weighted by atomic mass is 10.1. The predicted molar refractivity (Wildman–Crippen MR) is 74.8 cm³/mol. The number of aryl methyl sites for hydroxylation is 1. The summed E-state index contributed by atoms with van der Waals surface area (Å²) in [5.74, 6) is 1.44. The second kappa shape index (κ2) is 5.91. The van der Waals surface area contributed by atoms with Crippen molar-refractivity contribution in [1.82, 2.24) is 4.98 Å². The first-order valence-electron chi connectivity index (χ1n) is 6.03. The van der Waals surface area contributed by atoms with Gasteiger partial charge < -0.3 is 9.72 Å². The monoisotopic (exact) mass is 265 g/mol. The molecule has 0 amide bonds. The summed E-state index contributed by atoms with van der Waals surface area (Å²) in [5.41, 5.74) is 1.71. The Kier molecular flexibility index (Phi) is 4.26. The molecule has 0 saturated heterocycles. The SMILES string of the molecule is Cc1cc(=O)[nH]c2cc(OCCCCCl)ccc12. The largest absolute Gasteiger partial charge is 0.494 e. The molecule has 1 heterocycles. The van der Waals surface area contributed by atoms with Gasteiger partial charge in [0.25, 0.3) is 0 Å². The molecule has 0 unspecified atom stereocenters. The van der Waals surface area contributed by atoms with Gasteiger partial charge in [0, 0.05) is 23.4 Å². The van der Waals surface area contributed by atoms with Gasteiger partial charge in [-0.1, -0.05) is 0 Å². The smallest absolute Gasteiger partial charge is 0.248 e. The maximum absolute atomic E-state index is 11.4. The number of rotatable bonds is 5. The topological polar surface area (TPSA) is 42.1 Å². The van der Waals surface area contributed by atoms with Gasteiger partial charge in [0.2, 0.25) is 5.56 Å². The maximum Gasteiger partial charge on any atom is 0.248 e. The van der Waals surface area contributed by atoms with Crippen molar-refractivity contribution in [2.75, 3.05) is 12.5 Å². The first-order valence-corrected chi connectivity index (χ1v) is 6.56. The second-order valence-corrected chi connectivity index (χ2v) is 4.65. The third-order valence-electron chi connectivity index (χ3n) is 2.82. The fraction of sp³-hybridized carbons (Fsp3) is 0.357. The minimum atomic E-state index is -0.0840. The van der Waals surface area contributed by atoms with Crippen LogP contribution < -0.4 is 10.3 Å². The first kappa shape index (κ1) is 13.0. The molecule has 96 valence electrons. The van der Waals surface area contributed by atoms with E-state index in [4.69, 9.17) is 16.3 Å². The molecule has 0 bridgehead atoms. The van der Waals surface area contributed by atoms with E-state index in [2.05, 4.69) is 4.98 Å². The summed E-state index contributed by atoms with van der Waals surface area (Å²) >= 11 is 5.60. The fourth-order valence-electron chi connectivity index (χ4n) is 1.89. The van der Waals surface area contributed by atoms with Crippen molar-refractivity contribution in [3.05, 3.63) is 40.2 Å². The number of aromatic nitrogens is 1. The Morgan fingerprint density at radius 1 is 1.28 bits per heavy atom. The summed E-state index contributed by atoms with van der Waals surface area (Å²) in [6.07, 6.45) is 1.89. The average molecular weight is 266 g/mol. The number of benzene rings is 1. The molecule has 4 heteroatoms. The van der Waals surface area contributed by atoms with Gasteiger partial charge in [-0.3, -0.25) is 4.79 Å². The van der Waals surface area contributed by atoms with Gasteiger partial charge in [-0.15, -0.1) is 11.6 Å². The molecule has 0 radical (unpaired) electrons. The highest BCUT2D eigenvalue weighted by Crippen LogP contribution is 2.20. The van der Waals surface area contributed by atoms with Crippen LogP contribution in [0.3, 0.4) is 0 Å². The minimum Gasteiger partial charge on any atom is -0.494 e. The molecule has 0 aliphatic carbocycles. The zero-order valence-corrected chi connectivity index (χ0v) is 11.1. The number of alkyl halides is 1. The van der Waals surface area contributed by atoms with E-state index in [0.29, 0.717) is 12.5 Å². The van der Waals surface area contributed by atoms with Gasteiger partial charge in [0.05, 0.1) is 12.1 Å². The van der Waals surface area contributed by atoms with E-state index in [1.165, 1.54) is 0 Å². The standard InChI is InChI=1S/C14H16ClNO2/c1-10-8-14(17)16-13-9-11(4-5-12(10)13)18-7-3-2-6-15/h4-5,8-9H,2-3,6-7H2,1H3,(H,16,17). The molecular formula is C14H16ClNO2. The summed E-state index contributed by atoms with van der Waals surface area (Å²) < 4.78 is 5.62. The Morgan fingerprint density at radius 2 is 2.11 bits per heavy atom. The zero-order valence-electron chi connectivity index (χ0n) is 10.3. The van der Waals surface area contributed by atoms with Crippen LogP contribution in [0.25, 0.3) is 10.9 Å². The van der Waals surface area contributed by atoms with Gasteiger partial charge in [-0.05, 0) is 37.5 Å². The van der Waals surface area contributed by atoms with Crippen LogP contribution in [0.15, 0.2) is 29.1 Å². The predicted octanol–water partition coefficient (Wildman–Crippen LogP) is 3.23. The van der Waals surface area contributed by atoms with E-state index < -0.39 is 0 Å². The molecule has 0 spiro atoms. The Bertz CT molecular complexity index is 592. The van der Waals surface area contributed by atoms with E-state index in [1.807, 2.05) is 25.1 Å². The number of aromatic amines is 1. The Morgan fingerprint density at radius 3 is 2.89 bits per heavy atom. The van der Waals surface area contributed by atoms with Crippen molar-refractivity contribution in [3.63, 3.8) is 0 Å². The van der Waals surface area contributed by atoms with Crippen LogP contribution in [-0.4, -0.2) is 17.5 Å². The molecule has 18 heavy (non-hydrogen) atoms. The summed E-state index contributed by atoms with van der Waals surface area (Å²) in [5, 5.41) is 1.04. The Hall–Kier alpha value is -1.48. The summed E-state index contributed by atoms with van der Waals surface area (Å²) in [6.45, 7) is 2.58. The highest BCUT2D eigenvalue weighted by molar-refractivity contribution is 6.17. The van der Waals surface area contributed by atoms with Gasteiger partial charge in [0.1, 0.15) is 5.75 Å². The number of pyridine rings is 1. The molecule has 0 atom stereocenters. The number of H-pyrrole nitrogens is 1. The summed E-state index contributed by atoms with van der Waals surface area (Å²) in [6, 6.07) is 7.36. The number of fused-ring (bicyclic) bond motifs is 1. The van der Waals surface area contributed by atoms with Crippen LogP contribution in [-0.2, 0) is 0 Å². The van der Waals surface area contributed by atoms with E-state index in [9.17, 15) is 4.79 Å². The van der Waals surface area contributed by atoms with Gasteiger partial charge in [-0.25, -0.2) is 0 Å². The Balaban J connectivity index is 2.19. The van der Waals surface area contributed by atoms with Crippen LogP contribution >= 0.6 is 11.6 Å². The third kappa shape index (κ3) is 3.05. The van der Waals surface area contributed by atoms with Crippen molar-refractivity contribution in [2.24, 2.45) is 0 Å². The molecule has 0 aliphatic rings. The molecule has 1 aromatic carbocycles. The second-order valence-electron chi connectivity index (χ2n) is 4.27. The number of unbranched alkanes of at least 4 members (excludes halogenated alkanes) is 1. The van der Waals surface area contributed by atoms with E-state index in [1.54, 1.807) is 6.07 Å². The first-order chi connectivity index (χ1) is 8.70.